The molecule has 5 rings (SSSR count). The number of rotatable bonds is 7. The summed E-state index contributed by atoms with van der Waals surface area (Å²) in [5.41, 5.74) is 5.14. The number of aliphatic hydroxyl groups excluding tert-OH is 1. The fraction of sp³-hybridized carbons (Fsp3) is 0.394. The Morgan fingerprint density at radius 2 is 1.78 bits per heavy atom. The third kappa shape index (κ3) is 5.00. The summed E-state index contributed by atoms with van der Waals surface area (Å²) in [5.74, 6) is -4.60. The predicted molar refractivity (Wildman–Crippen MR) is 168 cm³/mol. The number of carbonyl (C=O) groups excluding carboxylic acids is 4. The standard InChI is InChI=1S/C33H37N5O8/c1-15-7-9-18(10-8-15)46-32(44)35-14-17-13-21(37(3)4)19-11-16-12-20-26(38(5)6)25(36-45)24(31(34)43)30(42)33(20,2)29(41)22(16)28(40)23(19)27(17)39/h7-10,13,16,20,26,39,41H,11-12,14H2,1-6H3,(H2,34,43)(H,35,44)/t16-,20-,26-,33+/m0/s1. The van der Waals surface area contributed by atoms with Crippen molar-refractivity contribution < 1.29 is 34.1 Å². The molecule has 0 bridgehead atoms. The van der Waals surface area contributed by atoms with Gasteiger partial charge in [-0.25, -0.2) is 4.79 Å². The predicted octanol–water partition coefficient (Wildman–Crippen LogP) is 3.27. The average molecular weight is 632 g/mol. The van der Waals surface area contributed by atoms with Gasteiger partial charge in [-0.3, -0.25) is 14.4 Å². The zero-order valence-corrected chi connectivity index (χ0v) is 26.5. The van der Waals surface area contributed by atoms with E-state index in [1.54, 1.807) is 68.3 Å². The second-order valence-electron chi connectivity index (χ2n) is 12.7. The minimum Gasteiger partial charge on any atom is -0.511 e. The van der Waals surface area contributed by atoms with Crippen molar-refractivity contribution >= 4 is 29.3 Å². The number of aryl methyl sites for hydroxylation is 1. The van der Waals surface area contributed by atoms with Crippen LogP contribution >= 0.6 is 0 Å². The summed E-state index contributed by atoms with van der Waals surface area (Å²) >= 11 is 0. The van der Waals surface area contributed by atoms with Crippen LogP contribution in [0.2, 0.25) is 0 Å². The number of fused-ring (bicyclic) bond motifs is 3. The van der Waals surface area contributed by atoms with Crippen LogP contribution in [-0.2, 0) is 22.6 Å². The largest absolute Gasteiger partial charge is 0.511 e. The number of nitrogens with zero attached hydrogens (tertiary/aromatic N) is 3. The highest BCUT2D eigenvalue weighted by atomic mass is 16.6. The van der Waals surface area contributed by atoms with Gasteiger partial charge in [-0.15, -0.1) is 4.91 Å². The van der Waals surface area contributed by atoms with Crippen molar-refractivity contribution in [1.82, 2.24) is 10.2 Å². The lowest BCUT2D eigenvalue weighted by Crippen LogP contribution is -2.58. The molecule has 0 radical (unpaired) electrons. The molecule has 2 aromatic rings. The van der Waals surface area contributed by atoms with Gasteiger partial charge in [-0.1, -0.05) is 17.7 Å². The normalized spacial score (nSPS) is 23.8. The molecule has 3 aliphatic carbocycles. The first-order chi connectivity index (χ1) is 21.6. The van der Waals surface area contributed by atoms with Crippen molar-refractivity contribution in [2.75, 3.05) is 33.1 Å². The minimum absolute atomic E-state index is 0.0488. The lowest BCUT2D eigenvalue weighted by Gasteiger charge is -2.51. The fourth-order valence-corrected chi connectivity index (χ4v) is 7.20. The lowest BCUT2D eigenvalue weighted by atomic mass is 9.53. The third-order valence-corrected chi connectivity index (χ3v) is 9.47. The van der Waals surface area contributed by atoms with Gasteiger partial charge in [0.1, 0.15) is 28.5 Å². The maximum absolute atomic E-state index is 14.3. The number of nitrogens with one attached hydrogen (secondary N) is 1. The molecule has 0 fully saturated rings. The van der Waals surface area contributed by atoms with Crippen molar-refractivity contribution in [2.45, 2.75) is 39.3 Å². The molecule has 0 unspecified atom stereocenters. The maximum atomic E-state index is 14.3. The van der Waals surface area contributed by atoms with E-state index in [-0.39, 0.29) is 47.5 Å². The van der Waals surface area contributed by atoms with Gasteiger partial charge in [0.15, 0.2) is 11.6 Å². The number of benzene rings is 2. The molecule has 5 N–H and O–H groups in total. The number of hydrogen-bond donors (Lipinski definition) is 4. The van der Waals surface area contributed by atoms with Crippen molar-refractivity contribution in [2.24, 2.45) is 28.2 Å². The number of primary amides is 1. The number of Topliss-reactive ketones (excluding diaryl/α,β-unsaturated/α-hetero) is 2. The highest BCUT2D eigenvalue weighted by Crippen LogP contribution is 2.57. The summed E-state index contributed by atoms with van der Waals surface area (Å²) in [6, 6.07) is 7.72. The van der Waals surface area contributed by atoms with E-state index >= 15 is 0 Å². The smallest absolute Gasteiger partial charge is 0.412 e. The van der Waals surface area contributed by atoms with Gasteiger partial charge >= 0.3 is 6.09 Å². The van der Waals surface area contributed by atoms with E-state index in [9.17, 15) is 34.3 Å². The molecule has 0 saturated carbocycles. The second kappa shape index (κ2) is 11.7. The Bertz CT molecular complexity index is 1740. The zero-order chi connectivity index (χ0) is 33.8. The minimum atomic E-state index is -1.77. The molecule has 2 amide bonds. The molecule has 13 heteroatoms. The van der Waals surface area contributed by atoms with Gasteiger partial charge in [0.05, 0.1) is 17.0 Å². The molecule has 0 spiro atoms. The van der Waals surface area contributed by atoms with Crippen LogP contribution in [0.4, 0.5) is 10.5 Å². The van der Waals surface area contributed by atoms with Gasteiger partial charge in [0, 0.05) is 43.4 Å². The van der Waals surface area contributed by atoms with E-state index in [4.69, 9.17) is 10.5 Å². The maximum Gasteiger partial charge on any atom is 0.412 e. The summed E-state index contributed by atoms with van der Waals surface area (Å²) in [6.07, 6.45) is -0.344. The number of hydrogen-bond acceptors (Lipinski definition) is 11. The number of phenolic OH excluding ortho intramolecular Hbond substituents is 1. The molecular weight excluding hydrogens is 594 g/mol. The van der Waals surface area contributed by atoms with Gasteiger partial charge in [-0.05, 0) is 75.6 Å². The summed E-state index contributed by atoms with van der Waals surface area (Å²) in [6.45, 7) is 3.16. The molecule has 0 heterocycles. The number of nitrogens with two attached hydrogens (primary N) is 1. The van der Waals surface area contributed by atoms with Crippen LogP contribution in [-0.4, -0.2) is 72.9 Å². The number of aliphatic hydroxyl groups is 1. The number of carbonyl (C=O) groups is 4. The number of phenols is 1. The number of aromatic hydroxyl groups is 1. The van der Waals surface area contributed by atoms with Gasteiger partial charge in [0.2, 0.25) is 0 Å². The molecule has 242 valence electrons. The summed E-state index contributed by atoms with van der Waals surface area (Å²) < 4.78 is 5.32. The molecule has 4 atom stereocenters. The van der Waals surface area contributed by atoms with Gasteiger partial charge in [-0.2, -0.15) is 0 Å². The van der Waals surface area contributed by atoms with E-state index in [1.807, 2.05) is 6.92 Å². The Morgan fingerprint density at radius 3 is 2.35 bits per heavy atom. The molecule has 0 saturated heterocycles. The Labute approximate surface area is 265 Å². The van der Waals surface area contributed by atoms with Gasteiger partial charge < -0.3 is 35.8 Å². The Kier molecular flexibility index (Phi) is 8.24. The molecule has 13 nitrogen and oxygen atoms in total. The Hall–Kier alpha value is -5.04. The zero-order valence-electron chi connectivity index (χ0n) is 26.5. The van der Waals surface area contributed by atoms with E-state index in [0.717, 1.165) is 5.56 Å². The topological polar surface area (TPSA) is 192 Å². The third-order valence-electron chi connectivity index (χ3n) is 9.47. The summed E-state index contributed by atoms with van der Waals surface area (Å²) in [7, 11) is 6.88. The van der Waals surface area contributed by atoms with Crippen molar-refractivity contribution in [1.29, 1.82) is 0 Å². The van der Waals surface area contributed by atoms with Crippen molar-refractivity contribution in [3.63, 3.8) is 0 Å². The molecule has 2 aromatic carbocycles. The van der Waals surface area contributed by atoms with Crippen molar-refractivity contribution in [3.05, 3.63) is 80.1 Å². The molecule has 0 aromatic heterocycles. The highest BCUT2D eigenvalue weighted by Gasteiger charge is 2.61. The van der Waals surface area contributed by atoms with E-state index in [0.29, 0.717) is 17.0 Å². The summed E-state index contributed by atoms with van der Waals surface area (Å²) in [5, 5.41) is 28.9. The number of likely N-dealkylation sites (N-methyl/N-ethyl adjacent to an activating group) is 1. The van der Waals surface area contributed by atoms with Crippen molar-refractivity contribution in [3.8, 4) is 11.5 Å². The number of nitroso groups, excluding NO2 is 1. The SMILES string of the molecule is Cc1ccc(OC(=O)NCc2cc(N(C)C)c3c(c2O)C(=O)C2=C(O)[C@]4(C)C(=O)C(C(N)=O)=C(N=O)[C@@H](N(C)C)[C@@H]4C[C@@H]2C3)cc1. The number of anilines is 1. The monoisotopic (exact) mass is 631 g/mol. The number of ketones is 2. The van der Waals surface area contributed by atoms with E-state index in [1.165, 1.54) is 6.92 Å². The summed E-state index contributed by atoms with van der Waals surface area (Å²) in [4.78, 5) is 68.6. The molecule has 3 aliphatic rings. The fourth-order valence-electron chi connectivity index (χ4n) is 7.20. The van der Waals surface area contributed by atoms with Crippen LogP contribution < -0.4 is 20.7 Å². The molecule has 0 aliphatic heterocycles. The van der Waals surface area contributed by atoms with Crippen LogP contribution in [0.25, 0.3) is 0 Å². The first kappa shape index (κ1) is 32.4. The van der Waals surface area contributed by atoms with Gasteiger partial charge in [0.25, 0.3) is 5.91 Å². The molecule has 46 heavy (non-hydrogen) atoms. The second-order valence-corrected chi connectivity index (χ2v) is 12.7. The first-order valence-electron chi connectivity index (χ1n) is 14.8. The van der Waals surface area contributed by atoms with Crippen LogP contribution in [0.15, 0.2) is 58.1 Å². The van der Waals surface area contributed by atoms with Crippen LogP contribution in [0.1, 0.15) is 40.4 Å². The molecular formula is C33H37N5O8. The van der Waals surface area contributed by atoms with E-state index < -0.39 is 58.2 Å². The van der Waals surface area contributed by atoms with Crippen LogP contribution in [0, 0.1) is 29.1 Å². The van der Waals surface area contributed by atoms with E-state index in [2.05, 4.69) is 10.5 Å². The number of amides is 2. The average Bonchev–Trinajstić information content (AvgIpc) is 2.98. The van der Waals surface area contributed by atoms with Crippen LogP contribution in [0.3, 0.4) is 0 Å². The number of ether oxygens (including phenoxy) is 1. The van der Waals surface area contributed by atoms with Crippen LogP contribution in [0.5, 0.6) is 11.5 Å². The Morgan fingerprint density at radius 1 is 1.13 bits per heavy atom. The quantitative estimate of drug-likeness (QED) is 0.260. The number of allylic oxidation sites excluding steroid dienone is 2. The Balaban J connectivity index is 1.57. The highest BCUT2D eigenvalue weighted by molar-refractivity contribution is 6.24. The lowest BCUT2D eigenvalue weighted by molar-refractivity contribution is -0.133. The first-order valence-corrected chi connectivity index (χ1v) is 14.8.